The first-order valence-electron chi connectivity index (χ1n) is 8.97. The highest BCUT2D eigenvalue weighted by Gasteiger charge is 2.37. The molecule has 3 rings (SSSR count). The van der Waals surface area contributed by atoms with E-state index in [1.165, 1.54) is 4.90 Å². The van der Waals surface area contributed by atoms with Crippen molar-refractivity contribution in [2.24, 2.45) is 0 Å². The van der Waals surface area contributed by atoms with Crippen molar-refractivity contribution in [1.82, 2.24) is 20.5 Å². The first-order valence-corrected chi connectivity index (χ1v) is 8.97. The van der Waals surface area contributed by atoms with Crippen LogP contribution in [0.4, 0.5) is 4.79 Å². The van der Waals surface area contributed by atoms with Gasteiger partial charge in [0.1, 0.15) is 11.8 Å². The van der Waals surface area contributed by atoms with Crippen molar-refractivity contribution < 1.29 is 19.1 Å². The van der Waals surface area contributed by atoms with Crippen molar-refractivity contribution in [3.63, 3.8) is 0 Å². The van der Waals surface area contributed by atoms with Gasteiger partial charge in [0, 0.05) is 25.4 Å². The first kappa shape index (κ1) is 19.3. The number of pyridine rings is 1. The highest BCUT2D eigenvalue weighted by atomic mass is 16.5. The van der Waals surface area contributed by atoms with Crippen molar-refractivity contribution in [3.8, 4) is 5.75 Å². The molecular weight excluding hydrogens is 360 g/mol. The molecule has 0 spiro atoms. The Kier molecular flexibility index (Phi) is 6.21. The number of carbonyl (C=O) groups excluding carboxylic acids is 3. The molecular formula is C20H22N4O4. The molecule has 146 valence electrons. The molecule has 8 nitrogen and oxygen atoms in total. The molecule has 1 atom stereocenters. The quantitative estimate of drug-likeness (QED) is 0.676. The van der Waals surface area contributed by atoms with Gasteiger partial charge in [-0.2, -0.15) is 0 Å². The number of nitrogens with zero attached hydrogens (tertiary/aromatic N) is 2. The number of methoxy groups -OCH3 is 1. The second kappa shape index (κ2) is 8.98. The van der Waals surface area contributed by atoms with E-state index in [0.717, 1.165) is 11.1 Å². The van der Waals surface area contributed by atoms with Crippen LogP contribution in [0.3, 0.4) is 0 Å². The lowest BCUT2D eigenvalue weighted by Gasteiger charge is -2.13. The van der Waals surface area contributed by atoms with Crippen LogP contribution in [0, 0.1) is 0 Å². The number of hydrogen-bond donors (Lipinski definition) is 2. The second-order valence-corrected chi connectivity index (χ2v) is 6.45. The molecule has 1 unspecified atom stereocenters. The zero-order valence-electron chi connectivity index (χ0n) is 15.6. The SMILES string of the molecule is COc1ccc(CN2C(=O)NC(CCC(=O)NCc3ccncc3)C2=O)cc1. The summed E-state index contributed by atoms with van der Waals surface area (Å²) < 4.78 is 5.10. The molecule has 1 aromatic heterocycles. The molecule has 1 aliphatic rings. The first-order chi connectivity index (χ1) is 13.6. The fraction of sp³-hybridized carbons (Fsp3) is 0.300. The van der Waals surface area contributed by atoms with Crippen LogP contribution in [0.5, 0.6) is 5.75 Å². The standard InChI is InChI=1S/C20H22N4O4/c1-28-16-4-2-15(3-5-16)13-24-19(26)17(23-20(24)27)6-7-18(25)22-12-14-8-10-21-11-9-14/h2-5,8-11,17H,6-7,12-13H2,1H3,(H,22,25)(H,23,27). The van der Waals surface area contributed by atoms with Gasteiger partial charge >= 0.3 is 6.03 Å². The van der Waals surface area contributed by atoms with Crippen molar-refractivity contribution in [2.75, 3.05) is 7.11 Å². The molecule has 1 aliphatic heterocycles. The summed E-state index contributed by atoms with van der Waals surface area (Å²) in [6.07, 6.45) is 3.72. The molecule has 8 heteroatoms. The average Bonchev–Trinajstić information content (AvgIpc) is 2.99. The minimum atomic E-state index is -0.683. The van der Waals surface area contributed by atoms with E-state index in [-0.39, 0.29) is 31.2 Å². The lowest BCUT2D eigenvalue weighted by Crippen LogP contribution is -2.32. The molecule has 1 saturated heterocycles. The monoisotopic (exact) mass is 382 g/mol. The van der Waals surface area contributed by atoms with Gasteiger partial charge in [0.25, 0.3) is 5.91 Å². The molecule has 2 heterocycles. The topological polar surface area (TPSA) is 101 Å². The number of benzene rings is 1. The van der Waals surface area contributed by atoms with Crippen LogP contribution in [-0.2, 0) is 22.7 Å². The van der Waals surface area contributed by atoms with Crippen LogP contribution >= 0.6 is 0 Å². The summed E-state index contributed by atoms with van der Waals surface area (Å²) in [6, 6.07) is 9.67. The van der Waals surface area contributed by atoms with Gasteiger partial charge in [-0.05, 0) is 41.8 Å². The third-order valence-corrected chi connectivity index (χ3v) is 4.51. The maximum atomic E-state index is 12.5. The van der Waals surface area contributed by atoms with Gasteiger partial charge in [0.2, 0.25) is 5.91 Å². The predicted molar refractivity (Wildman–Crippen MR) is 101 cm³/mol. The number of ether oxygens (including phenoxy) is 1. The van der Waals surface area contributed by atoms with Crippen LogP contribution in [0.25, 0.3) is 0 Å². The highest BCUT2D eigenvalue weighted by Crippen LogP contribution is 2.17. The van der Waals surface area contributed by atoms with E-state index in [9.17, 15) is 14.4 Å². The molecule has 2 aromatic rings. The maximum absolute atomic E-state index is 12.5. The zero-order chi connectivity index (χ0) is 19.9. The Labute approximate surface area is 162 Å². The Balaban J connectivity index is 1.48. The zero-order valence-corrected chi connectivity index (χ0v) is 15.6. The minimum absolute atomic E-state index is 0.151. The number of rotatable bonds is 8. The van der Waals surface area contributed by atoms with Crippen molar-refractivity contribution >= 4 is 17.8 Å². The Morgan fingerprint density at radius 1 is 1.14 bits per heavy atom. The molecule has 1 fully saturated rings. The van der Waals surface area contributed by atoms with E-state index in [4.69, 9.17) is 4.74 Å². The van der Waals surface area contributed by atoms with Crippen molar-refractivity contribution in [1.29, 1.82) is 0 Å². The van der Waals surface area contributed by atoms with Crippen LogP contribution in [0.15, 0.2) is 48.8 Å². The van der Waals surface area contributed by atoms with Crippen LogP contribution in [0.2, 0.25) is 0 Å². The fourth-order valence-electron chi connectivity index (χ4n) is 2.90. The van der Waals surface area contributed by atoms with Gasteiger partial charge in [-0.15, -0.1) is 0 Å². The number of hydrogen-bond acceptors (Lipinski definition) is 5. The fourth-order valence-corrected chi connectivity index (χ4v) is 2.90. The number of urea groups is 1. The summed E-state index contributed by atoms with van der Waals surface area (Å²) in [6.45, 7) is 0.579. The van der Waals surface area contributed by atoms with Gasteiger partial charge in [0.15, 0.2) is 0 Å². The molecule has 0 aliphatic carbocycles. The van der Waals surface area contributed by atoms with Crippen LogP contribution < -0.4 is 15.4 Å². The van der Waals surface area contributed by atoms with Gasteiger partial charge in [0.05, 0.1) is 13.7 Å². The van der Waals surface area contributed by atoms with Gasteiger partial charge in [-0.1, -0.05) is 12.1 Å². The molecule has 0 saturated carbocycles. The molecule has 28 heavy (non-hydrogen) atoms. The lowest BCUT2D eigenvalue weighted by molar-refractivity contribution is -0.128. The van der Waals surface area contributed by atoms with Crippen LogP contribution in [-0.4, -0.2) is 40.9 Å². The van der Waals surface area contributed by atoms with Crippen molar-refractivity contribution in [2.45, 2.75) is 32.0 Å². The predicted octanol–water partition coefficient (Wildman–Crippen LogP) is 1.61. The number of carbonyl (C=O) groups is 3. The smallest absolute Gasteiger partial charge is 0.325 e. The van der Waals surface area contributed by atoms with E-state index < -0.39 is 12.1 Å². The van der Waals surface area contributed by atoms with Gasteiger partial charge < -0.3 is 15.4 Å². The Morgan fingerprint density at radius 2 is 1.86 bits per heavy atom. The summed E-state index contributed by atoms with van der Waals surface area (Å²) in [5, 5.41) is 5.44. The molecule has 0 bridgehead atoms. The largest absolute Gasteiger partial charge is 0.497 e. The average molecular weight is 382 g/mol. The number of amides is 4. The van der Waals surface area contributed by atoms with E-state index in [1.807, 2.05) is 12.1 Å². The third kappa shape index (κ3) is 4.85. The molecule has 0 radical (unpaired) electrons. The van der Waals surface area contributed by atoms with Gasteiger partial charge in [-0.25, -0.2) is 4.79 Å². The Bertz CT molecular complexity index is 839. The van der Waals surface area contributed by atoms with E-state index in [2.05, 4.69) is 15.6 Å². The van der Waals surface area contributed by atoms with Crippen molar-refractivity contribution in [3.05, 3.63) is 59.9 Å². The molecule has 4 amide bonds. The Morgan fingerprint density at radius 3 is 2.54 bits per heavy atom. The summed E-state index contributed by atoms with van der Waals surface area (Å²) in [5.74, 6) is 0.215. The Hall–Kier alpha value is -3.42. The van der Waals surface area contributed by atoms with E-state index in [0.29, 0.717) is 12.3 Å². The number of aromatic nitrogens is 1. The van der Waals surface area contributed by atoms with Crippen LogP contribution in [0.1, 0.15) is 24.0 Å². The second-order valence-electron chi connectivity index (χ2n) is 6.45. The summed E-state index contributed by atoms with van der Waals surface area (Å²) in [5.41, 5.74) is 1.76. The number of imide groups is 1. The van der Waals surface area contributed by atoms with E-state index in [1.54, 1.807) is 43.8 Å². The highest BCUT2D eigenvalue weighted by molar-refractivity contribution is 6.04. The summed E-state index contributed by atoms with van der Waals surface area (Å²) in [7, 11) is 1.57. The molecule has 1 aromatic carbocycles. The summed E-state index contributed by atoms with van der Waals surface area (Å²) >= 11 is 0. The third-order valence-electron chi connectivity index (χ3n) is 4.51. The summed E-state index contributed by atoms with van der Waals surface area (Å²) in [4.78, 5) is 41.8. The number of nitrogens with one attached hydrogen (secondary N) is 2. The maximum Gasteiger partial charge on any atom is 0.325 e. The minimum Gasteiger partial charge on any atom is -0.497 e. The normalized spacial score (nSPS) is 16.0. The lowest BCUT2D eigenvalue weighted by atomic mass is 10.1. The van der Waals surface area contributed by atoms with E-state index >= 15 is 0 Å². The molecule has 2 N–H and O–H groups in total. The van der Waals surface area contributed by atoms with Gasteiger partial charge in [-0.3, -0.25) is 19.5 Å².